The summed E-state index contributed by atoms with van der Waals surface area (Å²) in [6, 6.07) is 13.2. The summed E-state index contributed by atoms with van der Waals surface area (Å²) < 4.78 is 22.1. The molecule has 28 heavy (non-hydrogen) atoms. The van der Waals surface area contributed by atoms with Crippen LogP contribution in [0.2, 0.25) is 0 Å². The zero-order valence-electron chi connectivity index (χ0n) is 16.4. The third-order valence-electron chi connectivity index (χ3n) is 4.44. The van der Waals surface area contributed by atoms with Crippen LogP contribution in [0.3, 0.4) is 0 Å². The number of carbonyl (C=O) groups excluding carboxylic acids is 1. The minimum Gasteiger partial charge on any atom is -0.497 e. The second kappa shape index (κ2) is 9.32. The number of carbonyl (C=O) groups is 1. The van der Waals surface area contributed by atoms with Crippen molar-refractivity contribution >= 4 is 5.91 Å². The van der Waals surface area contributed by atoms with E-state index in [4.69, 9.17) is 18.9 Å². The minimum atomic E-state index is -0.203. The second-order valence-corrected chi connectivity index (χ2v) is 6.65. The van der Waals surface area contributed by atoms with Crippen molar-refractivity contribution in [2.24, 2.45) is 0 Å². The standard InChI is InChI=1S/C21H26N2O5/c1-23(12-15-8-9-16(25-2)10-20(15)26-3)13-21(24)22-11-17-14-27-18-6-4-5-7-19(18)28-17/h4-10,17H,11-14H2,1-3H3,(H,22,24). The first-order valence-corrected chi connectivity index (χ1v) is 9.13. The van der Waals surface area contributed by atoms with Crippen molar-refractivity contribution in [1.29, 1.82) is 0 Å². The fraction of sp³-hybridized carbons (Fsp3) is 0.381. The van der Waals surface area contributed by atoms with Gasteiger partial charge >= 0.3 is 0 Å². The molecule has 0 fully saturated rings. The maximum Gasteiger partial charge on any atom is 0.234 e. The molecule has 0 saturated heterocycles. The first-order chi connectivity index (χ1) is 13.6. The summed E-state index contributed by atoms with van der Waals surface area (Å²) in [4.78, 5) is 14.2. The number of hydrogen-bond donors (Lipinski definition) is 1. The lowest BCUT2D eigenvalue weighted by molar-refractivity contribution is -0.122. The predicted octanol–water partition coefficient (Wildman–Crippen LogP) is 2.09. The van der Waals surface area contributed by atoms with Crippen LogP contribution in [0, 0.1) is 0 Å². The quantitative estimate of drug-likeness (QED) is 0.749. The molecule has 2 aromatic rings. The van der Waals surface area contributed by atoms with Gasteiger partial charge in [0.15, 0.2) is 11.5 Å². The van der Waals surface area contributed by atoms with Crippen LogP contribution < -0.4 is 24.3 Å². The molecule has 1 aliphatic heterocycles. The number of nitrogens with zero attached hydrogens (tertiary/aromatic N) is 1. The van der Waals surface area contributed by atoms with Gasteiger partial charge in [0.25, 0.3) is 0 Å². The lowest BCUT2D eigenvalue weighted by Gasteiger charge is -2.26. The van der Waals surface area contributed by atoms with Crippen LogP contribution in [0.5, 0.6) is 23.0 Å². The Morgan fingerprint density at radius 1 is 1.18 bits per heavy atom. The monoisotopic (exact) mass is 386 g/mol. The maximum atomic E-state index is 12.3. The second-order valence-electron chi connectivity index (χ2n) is 6.65. The van der Waals surface area contributed by atoms with E-state index in [1.807, 2.05) is 54.4 Å². The van der Waals surface area contributed by atoms with E-state index < -0.39 is 0 Å². The van der Waals surface area contributed by atoms with Crippen molar-refractivity contribution in [1.82, 2.24) is 10.2 Å². The molecule has 1 N–H and O–H groups in total. The molecule has 3 rings (SSSR count). The largest absolute Gasteiger partial charge is 0.497 e. The highest BCUT2D eigenvalue weighted by Crippen LogP contribution is 2.30. The van der Waals surface area contributed by atoms with Crippen LogP contribution in [0.25, 0.3) is 0 Å². The van der Waals surface area contributed by atoms with Crippen molar-refractivity contribution in [3.63, 3.8) is 0 Å². The lowest BCUT2D eigenvalue weighted by atomic mass is 10.2. The SMILES string of the molecule is COc1ccc(CN(C)CC(=O)NCC2COc3ccccc3O2)c(OC)c1. The topological polar surface area (TPSA) is 69.3 Å². The molecule has 0 radical (unpaired) electrons. The van der Waals surface area contributed by atoms with E-state index in [0.717, 1.165) is 22.8 Å². The molecule has 1 unspecified atom stereocenters. The summed E-state index contributed by atoms with van der Waals surface area (Å²) >= 11 is 0. The van der Waals surface area contributed by atoms with Crippen LogP contribution in [-0.4, -0.2) is 57.9 Å². The summed E-state index contributed by atoms with van der Waals surface area (Å²) in [5, 5.41) is 2.91. The minimum absolute atomic E-state index is 0.0718. The molecule has 150 valence electrons. The number of amides is 1. The van der Waals surface area contributed by atoms with Gasteiger partial charge in [0.05, 0.1) is 27.3 Å². The maximum absolute atomic E-state index is 12.3. The Balaban J connectivity index is 1.46. The van der Waals surface area contributed by atoms with E-state index >= 15 is 0 Å². The van der Waals surface area contributed by atoms with Gasteiger partial charge in [0.1, 0.15) is 24.2 Å². The highest BCUT2D eigenvalue weighted by atomic mass is 16.6. The zero-order valence-corrected chi connectivity index (χ0v) is 16.4. The van der Waals surface area contributed by atoms with Gasteiger partial charge < -0.3 is 24.3 Å². The Kier molecular flexibility index (Phi) is 6.60. The van der Waals surface area contributed by atoms with Crippen LogP contribution in [0.4, 0.5) is 0 Å². The normalized spacial score (nSPS) is 15.2. The average Bonchev–Trinajstić information content (AvgIpc) is 2.72. The molecule has 1 amide bonds. The van der Waals surface area contributed by atoms with Gasteiger partial charge in [0, 0.05) is 18.2 Å². The van der Waals surface area contributed by atoms with Crippen molar-refractivity contribution in [3.05, 3.63) is 48.0 Å². The molecule has 0 spiro atoms. The highest BCUT2D eigenvalue weighted by molar-refractivity contribution is 5.78. The van der Waals surface area contributed by atoms with Gasteiger partial charge in [-0.1, -0.05) is 18.2 Å². The zero-order chi connectivity index (χ0) is 19.9. The Morgan fingerprint density at radius 3 is 2.71 bits per heavy atom. The first kappa shape index (κ1) is 19.8. The molecular formula is C21H26N2O5. The lowest BCUT2D eigenvalue weighted by Crippen LogP contribution is -2.43. The van der Waals surface area contributed by atoms with Crippen molar-refractivity contribution in [2.75, 3.05) is 41.0 Å². The van der Waals surface area contributed by atoms with E-state index in [1.165, 1.54) is 0 Å². The Bertz CT molecular complexity index is 811. The number of fused-ring (bicyclic) bond motifs is 1. The van der Waals surface area contributed by atoms with E-state index in [0.29, 0.717) is 25.4 Å². The highest BCUT2D eigenvalue weighted by Gasteiger charge is 2.21. The molecule has 1 atom stereocenters. The van der Waals surface area contributed by atoms with Gasteiger partial charge in [-0.25, -0.2) is 0 Å². The summed E-state index contributed by atoms with van der Waals surface area (Å²) in [6.07, 6.45) is -0.203. The van der Waals surface area contributed by atoms with E-state index in [-0.39, 0.29) is 18.6 Å². The van der Waals surface area contributed by atoms with Crippen LogP contribution >= 0.6 is 0 Å². The number of nitrogens with one attached hydrogen (secondary N) is 1. The molecule has 7 nitrogen and oxygen atoms in total. The summed E-state index contributed by atoms with van der Waals surface area (Å²) in [6.45, 7) is 1.65. The molecule has 2 aromatic carbocycles. The number of rotatable bonds is 8. The van der Waals surface area contributed by atoms with Crippen molar-refractivity contribution < 1.29 is 23.7 Å². The van der Waals surface area contributed by atoms with Crippen LogP contribution in [0.15, 0.2) is 42.5 Å². The Labute approximate surface area is 165 Å². The summed E-state index contributed by atoms with van der Waals surface area (Å²) in [5.74, 6) is 2.84. The Hall–Kier alpha value is -2.93. The van der Waals surface area contributed by atoms with E-state index in [2.05, 4.69) is 5.32 Å². The summed E-state index contributed by atoms with van der Waals surface area (Å²) in [5.41, 5.74) is 0.985. The third kappa shape index (κ3) is 5.07. The van der Waals surface area contributed by atoms with Crippen molar-refractivity contribution in [2.45, 2.75) is 12.6 Å². The average molecular weight is 386 g/mol. The molecule has 1 aliphatic rings. The summed E-state index contributed by atoms with van der Waals surface area (Å²) in [7, 11) is 5.12. The molecule has 0 saturated carbocycles. The molecular weight excluding hydrogens is 360 g/mol. The molecule has 0 aromatic heterocycles. The van der Waals surface area contributed by atoms with Crippen molar-refractivity contribution in [3.8, 4) is 23.0 Å². The fourth-order valence-electron chi connectivity index (χ4n) is 3.02. The number of likely N-dealkylation sites (N-methyl/N-ethyl adjacent to an activating group) is 1. The molecule has 0 bridgehead atoms. The van der Waals surface area contributed by atoms with Gasteiger partial charge in [-0.3, -0.25) is 9.69 Å². The van der Waals surface area contributed by atoms with Crippen LogP contribution in [-0.2, 0) is 11.3 Å². The Morgan fingerprint density at radius 2 is 1.96 bits per heavy atom. The number of methoxy groups -OCH3 is 2. The molecule has 7 heteroatoms. The van der Waals surface area contributed by atoms with E-state index in [9.17, 15) is 4.79 Å². The number of hydrogen-bond acceptors (Lipinski definition) is 6. The molecule has 1 heterocycles. The number of ether oxygens (including phenoxy) is 4. The molecule has 0 aliphatic carbocycles. The first-order valence-electron chi connectivity index (χ1n) is 9.13. The number of benzene rings is 2. The predicted molar refractivity (Wildman–Crippen MR) is 105 cm³/mol. The van der Waals surface area contributed by atoms with Gasteiger partial charge in [-0.15, -0.1) is 0 Å². The third-order valence-corrected chi connectivity index (χ3v) is 4.44. The van der Waals surface area contributed by atoms with Crippen LogP contribution in [0.1, 0.15) is 5.56 Å². The smallest absolute Gasteiger partial charge is 0.234 e. The van der Waals surface area contributed by atoms with Gasteiger partial charge in [-0.2, -0.15) is 0 Å². The van der Waals surface area contributed by atoms with Gasteiger partial charge in [-0.05, 0) is 25.2 Å². The van der Waals surface area contributed by atoms with Gasteiger partial charge in [0.2, 0.25) is 5.91 Å². The number of para-hydroxylation sites is 2. The fourth-order valence-corrected chi connectivity index (χ4v) is 3.02. The van der Waals surface area contributed by atoms with E-state index in [1.54, 1.807) is 14.2 Å².